The molecule has 1 aromatic heterocycles. The van der Waals surface area contributed by atoms with Crippen molar-refractivity contribution in [2.45, 2.75) is 19.9 Å². The fraction of sp³-hybridized carbons (Fsp3) is 0.238. The van der Waals surface area contributed by atoms with E-state index in [0.717, 1.165) is 11.1 Å². The van der Waals surface area contributed by atoms with E-state index in [-0.39, 0.29) is 17.3 Å². The number of nitro benzene ring substituents is 1. The van der Waals surface area contributed by atoms with Crippen LogP contribution < -0.4 is 14.8 Å². The summed E-state index contributed by atoms with van der Waals surface area (Å²) in [5.41, 5.74) is 2.11. The van der Waals surface area contributed by atoms with E-state index in [2.05, 4.69) is 10.3 Å². The average molecular weight is 410 g/mol. The number of carbonyl (C=O) groups excluding carboxylic acids is 1. The molecular weight excluding hydrogens is 388 g/mol. The molecule has 0 saturated carbocycles. The van der Waals surface area contributed by atoms with E-state index in [9.17, 15) is 14.9 Å². The molecular formula is C21H22N4O5. The van der Waals surface area contributed by atoms with Gasteiger partial charge in [-0.15, -0.1) is 0 Å². The lowest BCUT2D eigenvalue weighted by molar-refractivity contribution is -0.384. The second kappa shape index (κ2) is 8.64. The first-order valence-electron chi connectivity index (χ1n) is 9.15. The number of carbonyl (C=O) groups is 1. The maximum absolute atomic E-state index is 12.8. The van der Waals surface area contributed by atoms with Gasteiger partial charge in [0, 0.05) is 24.0 Å². The summed E-state index contributed by atoms with van der Waals surface area (Å²) in [4.78, 5) is 27.7. The second-order valence-electron chi connectivity index (χ2n) is 6.69. The molecule has 2 aromatic carbocycles. The van der Waals surface area contributed by atoms with Gasteiger partial charge < -0.3 is 19.4 Å². The first kappa shape index (κ1) is 20.8. The average Bonchev–Trinajstić information content (AvgIpc) is 3.27. The minimum Gasteiger partial charge on any atom is -0.493 e. The van der Waals surface area contributed by atoms with E-state index in [4.69, 9.17) is 9.47 Å². The summed E-state index contributed by atoms with van der Waals surface area (Å²) in [6.45, 7) is 3.74. The predicted octanol–water partition coefficient (Wildman–Crippen LogP) is 3.60. The van der Waals surface area contributed by atoms with Crippen LogP contribution in [-0.2, 0) is 0 Å². The Bertz CT molecular complexity index is 1080. The van der Waals surface area contributed by atoms with Gasteiger partial charge in [-0.3, -0.25) is 14.9 Å². The van der Waals surface area contributed by atoms with Gasteiger partial charge >= 0.3 is 0 Å². The van der Waals surface area contributed by atoms with Crippen molar-refractivity contribution in [3.05, 3.63) is 75.9 Å². The van der Waals surface area contributed by atoms with Crippen LogP contribution in [0.25, 0.3) is 5.69 Å². The van der Waals surface area contributed by atoms with Crippen molar-refractivity contribution < 1.29 is 19.2 Å². The van der Waals surface area contributed by atoms with E-state index in [1.165, 1.54) is 29.2 Å². The number of nitro groups is 1. The molecule has 0 saturated heterocycles. The smallest absolute Gasteiger partial charge is 0.294 e. The Morgan fingerprint density at radius 3 is 2.50 bits per heavy atom. The van der Waals surface area contributed by atoms with Gasteiger partial charge in [0.05, 0.1) is 31.5 Å². The van der Waals surface area contributed by atoms with Gasteiger partial charge in [0.25, 0.3) is 11.6 Å². The van der Waals surface area contributed by atoms with Crippen LogP contribution >= 0.6 is 0 Å². The predicted molar refractivity (Wildman–Crippen MR) is 110 cm³/mol. The van der Waals surface area contributed by atoms with E-state index in [1.807, 2.05) is 26.0 Å². The summed E-state index contributed by atoms with van der Waals surface area (Å²) < 4.78 is 12.2. The molecule has 9 nitrogen and oxygen atoms in total. The topological polar surface area (TPSA) is 109 Å². The maximum Gasteiger partial charge on any atom is 0.294 e. The Kier molecular flexibility index (Phi) is 6.01. The third-order valence-electron chi connectivity index (χ3n) is 4.80. The van der Waals surface area contributed by atoms with E-state index < -0.39 is 10.8 Å². The molecule has 0 radical (unpaired) electrons. The molecule has 156 valence electrons. The van der Waals surface area contributed by atoms with Crippen molar-refractivity contribution >= 4 is 11.6 Å². The van der Waals surface area contributed by atoms with Crippen LogP contribution in [0, 0.1) is 17.0 Å². The molecule has 1 unspecified atom stereocenters. The summed E-state index contributed by atoms with van der Waals surface area (Å²) >= 11 is 0. The monoisotopic (exact) mass is 410 g/mol. The number of methoxy groups -OCH3 is 2. The van der Waals surface area contributed by atoms with E-state index in [0.29, 0.717) is 17.2 Å². The Morgan fingerprint density at radius 2 is 1.90 bits per heavy atom. The number of ether oxygens (including phenoxy) is 2. The molecule has 3 aromatic rings. The molecule has 0 bridgehead atoms. The molecule has 9 heteroatoms. The van der Waals surface area contributed by atoms with Crippen molar-refractivity contribution in [2.75, 3.05) is 14.2 Å². The van der Waals surface area contributed by atoms with Gasteiger partial charge in [0.15, 0.2) is 11.5 Å². The number of amides is 1. The van der Waals surface area contributed by atoms with Crippen molar-refractivity contribution in [3.8, 4) is 17.2 Å². The first-order valence-corrected chi connectivity index (χ1v) is 9.15. The number of aryl methyl sites for hydroxylation is 1. The Labute approximate surface area is 173 Å². The quantitative estimate of drug-likeness (QED) is 0.471. The highest BCUT2D eigenvalue weighted by Crippen LogP contribution is 2.33. The number of benzene rings is 2. The van der Waals surface area contributed by atoms with Gasteiger partial charge in [-0.2, -0.15) is 0 Å². The Hall–Kier alpha value is -3.88. The molecule has 0 spiro atoms. The van der Waals surface area contributed by atoms with Crippen LogP contribution in [0.4, 0.5) is 5.69 Å². The number of hydrogen-bond donors (Lipinski definition) is 1. The summed E-state index contributed by atoms with van der Waals surface area (Å²) in [6.07, 6.45) is 4.59. The van der Waals surface area contributed by atoms with Crippen molar-refractivity contribution in [2.24, 2.45) is 0 Å². The molecule has 1 amide bonds. The summed E-state index contributed by atoms with van der Waals surface area (Å²) in [7, 11) is 3.10. The molecule has 0 aliphatic rings. The van der Waals surface area contributed by atoms with Crippen LogP contribution in [0.5, 0.6) is 11.5 Å². The standard InChI is InChI=1S/C21H22N4O5/c1-13-9-19(29-3)20(30-4)11-16(13)14(2)23-21(26)15-5-6-17(18(10-15)25(27)28)24-8-7-22-12-24/h5-12,14H,1-4H3,(H,23,26). The normalized spacial score (nSPS) is 11.6. The highest BCUT2D eigenvalue weighted by Gasteiger charge is 2.21. The van der Waals surface area contributed by atoms with Crippen molar-refractivity contribution in [1.29, 1.82) is 0 Å². The van der Waals surface area contributed by atoms with Crippen molar-refractivity contribution in [1.82, 2.24) is 14.9 Å². The zero-order chi connectivity index (χ0) is 21.8. The molecule has 1 heterocycles. The molecule has 0 aliphatic carbocycles. The molecule has 1 N–H and O–H groups in total. The zero-order valence-electron chi connectivity index (χ0n) is 17.1. The minimum absolute atomic E-state index is 0.185. The largest absolute Gasteiger partial charge is 0.493 e. The van der Waals surface area contributed by atoms with E-state index in [1.54, 1.807) is 26.5 Å². The number of rotatable bonds is 7. The van der Waals surface area contributed by atoms with Gasteiger partial charge in [-0.25, -0.2) is 4.98 Å². The Morgan fingerprint density at radius 1 is 1.20 bits per heavy atom. The lowest BCUT2D eigenvalue weighted by Gasteiger charge is -2.19. The third kappa shape index (κ3) is 4.09. The molecule has 30 heavy (non-hydrogen) atoms. The summed E-state index contributed by atoms with van der Waals surface area (Å²) in [5.74, 6) is 0.736. The molecule has 0 aliphatic heterocycles. The van der Waals surface area contributed by atoms with Crippen LogP contribution in [0.15, 0.2) is 49.1 Å². The second-order valence-corrected chi connectivity index (χ2v) is 6.69. The fourth-order valence-corrected chi connectivity index (χ4v) is 3.25. The minimum atomic E-state index is -0.520. The lowest BCUT2D eigenvalue weighted by atomic mass is 10.0. The molecule has 1 atom stereocenters. The number of hydrogen-bond acceptors (Lipinski definition) is 6. The highest BCUT2D eigenvalue weighted by atomic mass is 16.6. The summed E-state index contributed by atoms with van der Waals surface area (Å²) in [5, 5.41) is 14.4. The van der Waals surface area contributed by atoms with Gasteiger partial charge in [0.1, 0.15) is 5.69 Å². The first-order chi connectivity index (χ1) is 14.3. The van der Waals surface area contributed by atoms with Crippen LogP contribution in [0.3, 0.4) is 0 Å². The van der Waals surface area contributed by atoms with Gasteiger partial charge in [-0.1, -0.05) is 0 Å². The third-order valence-corrected chi connectivity index (χ3v) is 4.80. The Balaban J connectivity index is 1.87. The number of nitrogens with one attached hydrogen (secondary N) is 1. The fourth-order valence-electron chi connectivity index (χ4n) is 3.25. The van der Waals surface area contributed by atoms with Gasteiger partial charge in [0.2, 0.25) is 0 Å². The SMILES string of the molecule is COc1cc(C)c(C(C)NC(=O)c2ccc(-n3ccnc3)c([N+](=O)[O-])c2)cc1OC. The van der Waals surface area contributed by atoms with Crippen molar-refractivity contribution in [3.63, 3.8) is 0 Å². The molecule has 0 fully saturated rings. The number of nitrogens with zero attached hydrogens (tertiary/aromatic N) is 3. The molecule has 3 rings (SSSR count). The van der Waals surface area contributed by atoms with Crippen LogP contribution in [0.1, 0.15) is 34.5 Å². The van der Waals surface area contributed by atoms with Crippen LogP contribution in [-0.4, -0.2) is 34.6 Å². The lowest BCUT2D eigenvalue weighted by Crippen LogP contribution is -2.27. The number of aromatic nitrogens is 2. The highest BCUT2D eigenvalue weighted by molar-refractivity contribution is 5.95. The van der Waals surface area contributed by atoms with Crippen LogP contribution in [0.2, 0.25) is 0 Å². The maximum atomic E-state index is 12.8. The van der Waals surface area contributed by atoms with E-state index >= 15 is 0 Å². The van der Waals surface area contributed by atoms with Gasteiger partial charge in [-0.05, 0) is 49.2 Å². The number of imidazole rings is 1. The summed E-state index contributed by atoms with van der Waals surface area (Å²) in [6, 6.07) is 7.63. The zero-order valence-corrected chi connectivity index (χ0v) is 17.1.